The summed E-state index contributed by atoms with van der Waals surface area (Å²) in [7, 11) is 0. The van der Waals surface area contributed by atoms with Gasteiger partial charge in [-0.25, -0.2) is 4.98 Å². The van der Waals surface area contributed by atoms with Crippen LogP contribution in [-0.4, -0.2) is 19.3 Å². The maximum absolute atomic E-state index is 6.35. The molecule has 5 nitrogen and oxygen atoms in total. The van der Waals surface area contributed by atoms with Crippen molar-refractivity contribution < 1.29 is 25.8 Å². The van der Waals surface area contributed by atoms with Crippen LogP contribution in [0.1, 0.15) is 37.5 Å². The van der Waals surface area contributed by atoms with Crippen molar-refractivity contribution in [2.45, 2.75) is 40.0 Å². The van der Waals surface area contributed by atoms with E-state index in [4.69, 9.17) is 9.84 Å². The molecule has 0 radical (unpaired) electrons. The van der Waals surface area contributed by atoms with Crippen molar-refractivity contribution in [3.05, 3.63) is 132 Å². The predicted molar refractivity (Wildman–Crippen MR) is 173 cm³/mol. The summed E-state index contributed by atoms with van der Waals surface area (Å²) in [6.07, 6.45) is 5.84. The number of ether oxygens (including phenoxy) is 1. The van der Waals surface area contributed by atoms with E-state index in [1.54, 1.807) is 0 Å². The number of benzene rings is 4. The second kappa shape index (κ2) is 11.6. The molecular formula is C38H32N4OPt. The summed E-state index contributed by atoms with van der Waals surface area (Å²) in [5, 5.41) is 6.95. The summed E-state index contributed by atoms with van der Waals surface area (Å²) >= 11 is 0. The van der Waals surface area contributed by atoms with Gasteiger partial charge in [0.1, 0.15) is 5.82 Å². The van der Waals surface area contributed by atoms with Gasteiger partial charge in [-0.2, -0.15) is 17.2 Å². The normalized spacial score (nSPS) is 11.6. The van der Waals surface area contributed by atoms with Crippen LogP contribution in [0.3, 0.4) is 0 Å². The zero-order valence-electron chi connectivity index (χ0n) is 25.3. The molecule has 0 saturated heterocycles. The maximum atomic E-state index is 6.35. The number of para-hydroxylation sites is 1. The molecule has 0 bridgehead atoms. The second-order valence-electron chi connectivity index (χ2n) is 12.1. The molecular weight excluding hydrogens is 724 g/mol. The SMILES string of the molecule is Cc1ccnc(-n2c3[c-]c(Oc4[c-]c(-n5cc(-c6c(C)cccc6C(C)(C)C)cn5)ccc4)ccc3c3ccccc32)c1.[Pt+2]. The van der Waals surface area contributed by atoms with E-state index in [0.29, 0.717) is 11.5 Å². The first kappa shape index (κ1) is 29.6. The fourth-order valence-electron chi connectivity index (χ4n) is 5.82. The molecule has 0 aliphatic carbocycles. The van der Waals surface area contributed by atoms with E-state index in [1.807, 2.05) is 47.4 Å². The number of nitrogens with zero attached hydrogens (tertiary/aromatic N) is 4. The minimum Gasteiger partial charge on any atom is -0.509 e. The molecule has 0 aliphatic heterocycles. The van der Waals surface area contributed by atoms with Gasteiger partial charge in [-0.1, -0.05) is 62.7 Å². The number of aromatic nitrogens is 4. The Morgan fingerprint density at radius 1 is 0.795 bits per heavy atom. The molecule has 44 heavy (non-hydrogen) atoms. The first-order chi connectivity index (χ1) is 20.8. The minimum atomic E-state index is 0. The average molecular weight is 756 g/mol. The van der Waals surface area contributed by atoms with Crippen LogP contribution in [0.25, 0.3) is 44.4 Å². The predicted octanol–water partition coefficient (Wildman–Crippen LogP) is 9.34. The summed E-state index contributed by atoms with van der Waals surface area (Å²) < 4.78 is 10.4. The molecule has 6 heteroatoms. The average Bonchev–Trinajstić information content (AvgIpc) is 3.60. The zero-order chi connectivity index (χ0) is 29.7. The van der Waals surface area contributed by atoms with Crippen molar-refractivity contribution >= 4 is 21.8 Å². The Morgan fingerprint density at radius 2 is 1.59 bits per heavy atom. The van der Waals surface area contributed by atoms with E-state index < -0.39 is 0 Å². The Balaban J connectivity index is 0.00000343. The third kappa shape index (κ3) is 5.37. The van der Waals surface area contributed by atoms with Crippen LogP contribution in [0.15, 0.2) is 104 Å². The zero-order valence-corrected chi connectivity index (χ0v) is 27.6. The van der Waals surface area contributed by atoms with Gasteiger partial charge in [-0.3, -0.25) is 4.68 Å². The molecule has 0 N–H and O–H groups in total. The van der Waals surface area contributed by atoms with E-state index in [2.05, 4.69) is 117 Å². The molecule has 0 aliphatic rings. The van der Waals surface area contributed by atoms with Crippen molar-refractivity contribution in [2.75, 3.05) is 0 Å². The smallest absolute Gasteiger partial charge is 0.509 e. The molecule has 0 spiro atoms. The van der Waals surface area contributed by atoms with Crippen molar-refractivity contribution in [2.24, 2.45) is 0 Å². The number of pyridine rings is 1. The van der Waals surface area contributed by atoms with Gasteiger partial charge in [0.2, 0.25) is 0 Å². The van der Waals surface area contributed by atoms with Crippen molar-refractivity contribution in [1.82, 2.24) is 19.3 Å². The van der Waals surface area contributed by atoms with Crippen molar-refractivity contribution in [3.8, 4) is 34.1 Å². The van der Waals surface area contributed by atoms with Gasteiger partial charge >= 0.3 is 21.1 Å². The van der Waals surface area contributed by atoms with Crippen LogP contribution in [0.4, 0.5) is 0 Å². The topological polar surface area (TPSA) is 44.9 Å². The standard InChI is InChI=1S/C38H32N4O.Pt/c1-25-18-19-39-36(20-25)42-34-15-7-6-13-31(34)32-17-16-30(22-35(32)42)43-29-12-9-11-28(21-29)41-24-27(23-40-41)37-26(2)10-8-14-33(37)38(3,4)5;/h6-20,23-24H,1-5H3;/q-2;+2. The van der Waals surface area contributed by atoms with Gasteiger partial charge in [0.05, 0.1) is 6.20 Å². The summed E-state index contributed by atoms with van der Waals surface area (Å²) in [6, 6.07) is 35.8. The minimum absolute atomic E-state index is 0. The van der Waals surface area contributed by atoms with Crippen LogP contribution >= 0.6 is 0 Å². The van der Waals surface area contributed by atoms with E-state index in [1.165, 1.54) is 16.7 Å². The third-order valence-electron chi connectivity index (χ3n) is 7.86. The number of hydrogen-bond acceptors (Lipinski definition) is 3. The molecule has 7 rings (SSSR count). The fourth-order valence-corrected chi connectivity index (χ4v) is 5.82. The van der Waals surface area contributed by atoms with Gasteiger partial charge in [-0.15, -0.1) is 35.7 Å². The molecule has 3 aromatic heterocycles. The Hall–Kier alpha value is -4.47. The maximum Gasteiger partial charge on any atom is 2.00 e. The number of aryl methyl sites for hydroxylation is 2. The summed E-state index contributed by atoms with van der Waals surface area (Å²) in [5.41, 5.74) is 8.81. The molecule has 3 heterocycles. The van der Waals surface area contributed by atoms with Crippen LogP contribution in [-0.2, 0) is 26.5 Å². The number of rotatable bonds is 5. The first-order valence-corrected chi connectivity index (χ1v) is 14.5. The van der Waals surface area contributed by atoms with E-state index >= 15 is 0 Å². The van der Waals surface area contributed by atoms with Crippen LogP contribution in [0.2, 0.25) is 0 Å². The van der Waals surface area contributed by atoms with Gasteiger partial charge in [-0.05, 0) is 70.8 Å². The number of hydrogen-bond donors (Lipinski definition) is 0. The largest absolute Gasteiger partial charge is 2.00 e. The summed E-state index contributed by atoms with van der Waals surface area (Å²) in [4.78, 5) is 4.68. The second-order valence-corrected chi connectivity index (χ2v) is 12.1. The number of fused-ring (bicyclic) bond motifs is 3. The monoisotopic (exact) mass is 755 g/mol. The molecule has 0 amide bonds. The Bertz CT molecular complexity index is 2130. The molecule has 0 atom stereocenters. The van der Waals surface area contributed by atoms with Crippen LogP contribution in [0, 0.1) is 26.0 Å². The molecule has 0 unspecified atom stereocenters. The van der Waals surface area contributed by atoms with E-state index in [-0.39, 0.29) is 26.5 Å². The van der Waals surface area contributed by atoms with E-state index in [0.717, 1.165) is 44.4 Å². The van der Waals surface area contributed by atoms with Gasteiger partial charge in [0.15, 0.2) is 0 Å². The Kier molecular flexibility index (Phi) is 7.77. The van der Waals surface area contributed by atoms with Crippen molar-refractivity contribution in [1.29, 1.82) is 0 Å². The fraction of sp³-hybridized carbons (Fsp3) is 0.158. The Morgan fingerprint density at radius 3 is 2.41 bits per heavy atom. The molecule has 220 valence electrons. The summed E-state index contributed by atoms with van der Waals surface area (Å²) in [6.45, 7) is 11.0. The molecule has 7 aromatic rings. The van der Waals surface area contributed by atoms with Gasteiger partial charge in [0.25, 0.3) is 0 Å². The van der Waals surface area contributed by atoms with Gasteiger partial charge in [0, 0.05) is 35.0 Å². The van der Waals surface area contributed by atoms with Crippen LogP contribution in [0.5, 0.6) is 11.5 Å². The molecule has 0 fully saturated rings. The quantitative estimate of drug-likeness (QED) is 0.165. The first-order valence-electron chi connectivity index (χ1n) is 14.5. The molecule has 0 saturated carbocycles. The molecule has 4 aromatic carbocycles. The summed E-state index contributed by atoms with van der Waals surface area (Å²) in [5.74, 6) is 2.05. The van der Waals surface area contributed by atoms with E-state index in [9.17, 15) is 0 Å². The third-order valence-corrected chi connectivity index (χ3v) is 7.86. The van der Waals surface area contributed by atoms with Crippen molar-refractivity contribution in [3.63, 3.8) is 0 Å². The van der Waals surface area contributed by atoms with Crippen LogP contribution < -0.4 is 4.74 Å². The Labute approximate surface area is 272 Å². The van der Waals surface area contributed by atoms with Gasteiger partial charge < -0.3 is 9.30 Å².